The molecule has 70 valence electrons. The predicted octanol–water partition coefficient (Wildman–Crippen LogP) is 0.667. The molecule has 2 heterocycles. The molecule has 0 fully saturated rings. The highest BCUT2D eigenvalue weighted by molar-refractivity contribution is 5.99. The highest BCUT2D eigenvalue weighted by atomic mass is 16.1. The molecule has 2 aliphatic rings. The van der Waals surface area contributed by atoms with Crippen LogP contribution in [0, 0.1) is 0 Å². The Morgan fingerprint density at radius 3 is 2.93 bits per heavy atom. The van der Waals surface area contributed by atoms with Gasteiger partial charge in [-0.15, -0.1) is 0 Å². The zero-order chi connectivity index (χ0) is 9.97. The number of nitrogens with two attached hydrogens (primary N) is 1. The van der Waals surface area contributed by atoms with E-state index in [2.05, 4.69) is 4.99 Å². The summed E-state index contributed by atoms with van der Waals surface area (Å²) in [7, 11) is 0. The molecule has 2 aliphatic heterocycles. The average molecular weight is 187 g/mol. The van der Waals surface area contributed by atoms with Gasteiger partial charge < -0.3 is 10.6 Å². The molecule has 0 spiro atoms. The van der Waals surface area contributed by atoms with Gasteiger partial charge in [-0.1, -0.05) is 6.08 Å². The summed E-state index contributed by atoms with van der Waals surface area (Å²) in [5, 5.41) is 0. The summed E-state index contributed by atoms with van der Waals surface area (Å²) >= 11 is 0. The van der Waals surface area contributed by atoms with Crippen molar-refractivity contribution < 1.29 is 4.79 Å². The second-order valence-electron chi connectivity index (χ2n) is 2.86. The minimum absolute atomic E-state index is 0.397. The van der Waals surface area contributed by atoms with E-state index < -0.39 is 5.91 Å². The number of fused-ring (bicyclic) bond motifs is 1. The van der Waals surface area contributed by atoms with Crippen molar-refractivity contribution in [1.82, 2.24) is 4.90 Å². The standard InChI is InChI=1S/C10H9N3O/c11-10(14)8-4-6-13-5-2-1-3-9(13)12-7-8/h1-7H,(H2,11,14). The van der Waals surface area contributed by atoms with Gasteiger partial charge in [0.2, 0.25) is 5.91 Å². The van der Waals surface area contributed by atoms with E-state index in [1.165, 1.54) is 6.20 Å². The third-order valence-corrected chi connectivity index (χ3v) is 1.90. The molecule has 0 aromatic heterocycles. The maximum Gasteiger partial charge on any atom is 0.250 e. The molecule has 14 heavy (non-hydrogen) atoms. The van der Waals surface area contributed by atoms with Crippen molar-refractivity contribution in [3.05, 3.63) is 48.5 Å². The van der Waals surface area contributed by atoms with Crippen LogP contribution in [0.15, 0.2) is 53.5 Å². The van der Waals surface area contributed by atoms with Gasteiger partial charge in [0.15, 0.2) is 0 Å². The number of carbonyl (C=O) groups is 1. The number of amidine groups is 1. The summed E-state index contributed by atoms with van der Waals surface area (Å²) < 4.78 is 0. The van der Waals surface area contributed by atoms with Crippen LogP contribution in [0.1, 0.15) is 0 Å². The molecule has 4 nitrogen and oxygen atoms in total. The first kappa shape index (κ1) is 8.50. The van der Waals surface area contributed by atoms with Gasteiger partial charge in [-0.2, -0.15) is 0 Å². The second-order valence-corrected chi connectivity index (χ2v) is 2.86. The average Bonchev–Trinajstić information content (AvgIpc) is 2.39. The molecule has 0 unspecified atom stereocenters. The lowest BCUT2D eigenvalue weighted by molar-refractivity contribution is -0.114. The molecule has 0 radical (unpaired) electrons. The van der Waals surface area contributed by atoms with Gasteiger partial charge in [0, 0.05) is 18.6 Å². The van der Waals surface area contributed by atoms with Gasteiger partial charge in [0.25, 0.3) is 0 Å². The van der Waals surface area contributed by atoms with Crippen LogP contribution in [0.2, 0.25) is 0 Å². The third-order valence-electron chi connectivity index (χ3n) is 1.90. The van der Waals surface area contributed by atoms with E-state index in [-0.39, 0.29) is 0 Å². The zero-order valence-electron chi connectivity index (χ0n) is 7.42. The van der Waals surface area contributed by atoms with E-state index in [0.717, 1.165) is 5.84 Å². The van der Waals surface area contributed by atoms with Crippen LogP contribution in [-0.2, 0) is 4.79 Å². The van der Waals surface area contributed by atoms with Gasteiger partial charge in [0.05, 0.1) is 5.57 Å². The maximum atomic E-state index is 10.9. The molecule has 0 bridgehead atoms. The normalized spacial score (nSPS) is 18.4. The Morgan fingerprint density at radius 2 is 2.14 bits per heavy atom. The number of aliphatic imine (C=N–C) groups is 1. The van der Waals surface area contributed by atoms with E-state index in [9.17, 15) is 4.79 Å². The lowest BCUT2D eigenvalue weighted by atomic mass is 10.3. The number of primary amides is 1. The molecular formula is C10H9N3O. The predicted molar refractivity (Wildman–Crippen MR) is 54.0 cm³/mol. The van der Waals surface area contributed by atoms with Crippen LogP contribution in [0.25, 0.3) is 0 Å². The maximum absolute atomic E-state index is 10.9. The van der Waals surface area contributed by atoms with Crippen LogP contribution in [0.5, 0.6) is 0 Å². The van der Waals surface area contributed by atoms with Crippen molar-refractivity contribution in [1.29, 1.82) is 0 Å². The molecule has 0 aromatic carbocycles. The Labute approximate surface area is 81.4 Å². The lowest BCUT2D eigenvalue weighted by Crippen LogP contribution is -2.18. The van der Waals surface area contributed by atoms with Crippen LogP contribution < -0.4 is 5.73 Å². The first-order chi connectivity index (χ1) is 6.77. The number of hydrogen-bond acceptors (Lipinski definition) is 3. The topological polar surface area (TPSA) is 58.7 Å². The molecule has 2 N–H and O–H groups in total. The quantitative estimate of drug-likeness (QED) is 0.655. The molecule has 0 saturated heterocycles. The van der Waals surface area contributed by atoms with Crippen molar-refractivity contribution >= 4 is 11.7 Å². The number of nitrogens with zero attached hydrogens (tertiary/aromatic N) is 2. The molecule has 2 rings (SSSR count). The first-order valence-corrected chi connectivity index (χ1v) is 4.16. The van der Waals surface area contributed by atoms with Crippen molar-refractivity contribution in [3.63, 3.8) is 0 Å². The molecule has 4 heteroatoms. The first-order valence-electron chi connectivity index (χ1n) is 4.16. The van der Waals surface area contributed by atoms with Crippen LogP contribution >= 0.6 is 0 Å². The molecule has 0 atom stereocenters. The van der Waals surface area contributed by atoms with E-state index in [0.29, 0.717) is 5.57 Å². The molecule has 0 saturated carbocycles. The monoisotopic (exact) mass is 187 g/mol. The Hall–Kier alpha value is -2.10. The number of hydrogen-bond donors (Lipinski definition) is 1. The van der Waals surface area contributed by atoms with Gasteiger partial charge in [-0.05, 0) is 18.2 Å². The summed E-state index contributed by atoms with van der Waals surface area (Å²) in [4.78, 5) is 16.8. The summed E-state index contributed by atoms with van der Waals surface area (Å²) in [6.07, 6.45) is 12.3. The number of allylic oxidation sites excluding steroid dienone is 2. The highest BCUT2D eigenvalue weighted by Gasteiger charge is 2.09. The minimum atomic E-state index is -0.474. The number of rotatable bonds is 1. The van der Waals surface area contributed by atoms with E-state index in [4.69, 9.17) is 5.73 Å². The molecule has 1 amide bonds. The lowest BCUT2D eigenvalue weighted by Gasteiger charge is -2.15. The van der Waals surface area contributed by atoms with Crippen LogP contribution in [0.3, 0.4) is 0 Å². The Balaban J connectivity index is 2.37. The van der Waals surface area contributed by atoms with Crippen molar-refractivity contribution in [3.8, 4) is 0 Å². The molecule has 0 aliphatic carbocycles. The van der Waals surface area contributed by atoms with E-state index >= 15 is 0 Å². The summed E-state index contributed by atoms with van der Waals surface area (Å²) in [5.74, 6) is 0.290. The second kappa shape index (κ2) is 3.33. The van der Waals surface area contributed by atoms with Crippen molar-refractivity contribution in [2.24, 2.45) is 10.7 Å². The van der Waals surface area contributed by atoms with Crippen LogP contribution in [0.4, 0.5) is 0 Å². The Kier molecular flexibility index (Phi) is 2.02. The summed E-state index contributed by atoms with van der Waals surface area (Å²) in [5.41, 5.74) is 5.54. The van der Waals surface area contributed by atoms with E-state index in [1.54, 1.807) is 12.3 Å². The summed E-state index contributed by atoms with van der Waals surface area (Å²) in [6, 6.07) is 0. The third kappa shape index (κ3) is 1.50. The van der Waals surface area contributed by atoms with E-state index in [1.807, 2.05) is 29.3 Å². The van der Waals surface area contributed by atoms with Crippen molar-refractivity contribution in [2.45, 2.75) is 0 Å². The number of amides is 1. The fourth-order valence-corrected chi connectivity index (χ4v) is 1.17. The smallest absolute Gasteiger partial charge is 0.250 e. The van der Waals surface area contributed by atoms with Gasteiger partial charge >= 0.3 is 0 Å². The Bertz CT molecular complexity index is 413. The summed E-state index contributed by atoms with van der Waals surface area (Å²) in [6.45, 7) is 0. The molecule has 0 aromatic rings. The largest absolute Gasteiger partial charge is 0.366 e. The van der Waals surface area contributed by atoms with Crippen molar-refractivity contribution in [2.75, 3.05) is 0 Å². The molecular weight excluding hydrogens is 178 g/mol. The zero-order valence-corrected chi connectivity index (χ0v) is 7.42. The van der Waals surface area contributed by atoms with Gasteiger partial charge in [-0.25, -0.2) is 4.99 Å². The Morgan fingerprint density at radius 1 is 1.29 bits per heavy atom. The van der Waals surface area contributed by atoms with Gasteiger partial charge in [-0.3, -0.25) is 4.79 Å². The minimum Gasteiger partial charge on any atom is -0.366 e. The van der Waals surface area contributed by atoms with Crippen LogP contribution in [-0.4, -0.2) is 16.6 Å². The highest BCUT2D eigenvalue weighted by Crippen LogP contribution is 2.10. The fraction of sp³-hybridized carbons (Fsp3) is 0. The SMILES string of the molecule is NC(=O)C1=CN=C2C=CC=CN2C=C1. The number of carbonyl (C=O) groups excluding carboxylic acids is 1. The van der Waals surface area contributed by atoms with Gasteiger partial charge in [0.1, 0.15) is 5.84 Å². The fourth-order valence-electron chi connectivity index (χ4n) is 1.17.